The SMILES string of the molecule is C=CCOc1ccc(-c2ccc3cc(CC[C@H]4CC[C@H](CCCCCCC)CC4)ccc3c2F)cc1. The van der Waals surface area contributed by atoms with Crippen molar-refractivity contribution in [2.24, 2.45) is 11.8 Å². The number of unbranched alkanes of at least 4 members (excludes halogenated alkanes) is 4. The zero-order valence-electron chi connectivity index (χ0n) is 22.1. The van der Waals surface area contributed by atoms with Crippen molar-refractivity contribution in [2.45, 2.75) is 84.0 Å². The third kappa shape index (κ3) is 7.21. The highest BCUT2D eigenvalue weighted by Gasteiger charge is 2.21. The van der Waals surface area contributed by atoms with Gasteiger partial charge in [0, 0.05) is 10.9 Å². The highest BCUT2D eigenvalue weighted by Crippen LogP contribution is 2.35. The molecular weight excluding hydrogens is 443 g/mol. The van der Waals surface area contributed by atoms with Crippen LogP contribution in [0.3, 0.4) is 0 Å². The molecule has 192 valence electrons. The first kappa shape index (κ1) is 26.5. The lowest BCUT2D eigenvalue weighted by Crippen LogP contribution is -2.15. The molecule has 1 nitrogen and oxygen atoms in total. The van der Waals surface area contributed by atoms with Crippen molar-refractivity contribution in [2.75, 3.05) is 6.61 Å². The van der Waals surface area contributed by atoms with Crippen LogP contribution in [-0.2, 0) is 6.42 Å². The Labute approximate surface area is 217 Å². The molecule has 0 heterocycles. The monoisotopic (exact) mass is 486 g/mol. The van der Waals surface area contributed by atoms with Gasteiger partial charge in [0.2, 0.25) is 0 Å². The van der Waals surface area contributed by atoms with Gasteiger partial charge in [-0.25, -0.2) is 4.39 Å². The van der Waals surface area contributed by atoms with Gasteiger partial charge in [0.1, 0.15) is 18.2 Å². The number of hydrogen-bond acceptors (Lipinski definition) is 1. The molecule has 1 fully saturated rings. The Morgan fingerprint density at radius 3 is 2.31 bits per heavy atom. The van der Waals surface area contributed by atoms with Gasteiger partial charge in [0.15, 0.2) is 0 Å². The van der Waals surface area contributed by atoms with Gasteiger partial charge in [-0.05, 0) is 53.3 Å². The van der Waals surface area contributed by atoms with Crippen LogP contribution in [0.1, 0.15) is 83.1 Å². The summed E-state index contributed by atoms with van der Waals surface area (Å²) in [6.45, 7) is 6.42. The Kier molecular flexibility index (Phi) is 10.0. The van der Waals surface area contributed by atoms with Gasteiger partial charge in [-0.15, -0.1) is 0 Å². The largest absolute Gasteiger partial charge is 0.490 e. The van der Waals surface area contributed by atoms with Crippen molar-refractivity contribution in [1.82, 2.24) is 0 Å². The molecule has 0 N–H and O–H groups in total. The third-order valence-corrected chi connectivity index (χ3v) is 8.08. The molecule has 2 heteroatoms. The molecule has 36 heavy (non-hydrogen) atoms. The lowest BCUT2D eigenvalue weighted by Gasteiger charge is -2.28. The molecule has 4 rings (SSSR count). The predicted molar refractivity (Wildman–Crippen MR) is 152 cm³/mol. The van der Waals surface area contributed by atoms with E-state index < -0.39 is 0 Å². The Morgan fingerprint density at radius 1 is 0.861 bits per heavy atom. The second kappa shape index (κ2) is 13.6. The fraction of sp³-hybridized carbons (Fsp3) is 0.471. The average Bonchev–Trinajstić information content (AvgIpc) is 2.92. The van der Waals surface area contributed by atoms with E-state index in [0.29, 0.717) is 17.6 Å². The number of hydrogen-bond donors (Lipinski definition) is 0. The summed E-state index contributed by atoms with van der Waals surface area (Å²) >= 11 is 0. The molecule has 0 bridgehead atoms. The topological polar surface area (TPSA) is 9.23 Å². The van der Waals surface area contributed by atoms with Crippen molar-refractivity contribution in [3.63, 3.8) is 0 Å². The normalized spacial score (nSPS) is 17.8. The van der Waals surface area contributed by atoms with Crippen molar-refractivity contribution in [3.05, 3.63) is 78.6 Å². The first-order valence-electron chi connectivity index (χ1n) is 14.2. The van der Waals surface area contributed by atoms with E-state index in [4.69, 9.17) is 4.74 Å². The highest BCUT2D eigenvalue weighted by atomic mass is 19.1. The minimum atomic E-state index is -0.146. The predicted octanol–water partition coefficient (Wildman–Crippen LogP) is 10.3. The van der Waals surface area contributed by atoms with E-state index in [1.807, 2.05) is 36.4 Å². The second-order valence-electron chi connectivity index (χ2n) is 10.7. The van der Waals surface area contributed by atoms with Gasteiger partial charge in [-0.1, -0.05) is 126 Å². The van der Waals surface area contributed by atoms with E-state index >= 15 is 4.39 Å². The fourth-order valence-corrected chi connectivity index (χ4v) is 5.82. The minimum absolute atomic E-state index is 0.146. The number of ether oxygens (including phenoxy) is 1. The minimum Gasteiger partial charge on any atom is -0.490 e. The first-order chi connectivity index (χ1) is 17.7. The standard InChI is InChI=1S/C34H43FO/c1-3-5-6-7-8-9-26-10-12-27(13-11-26)14-15-28-16-22-33-30(25-28)19-23-32(34(33)35)29-17-20-31(21-18-29)36-24-4-2/h4,16-23,25-27H,2-3,5-15,24H2,1H3/t26-,27-. The lowest BCUT2D eigenvalue weighted by molar-refractivity contribution is 0.249. The van der Waals surface area contributed by atoms with E-state index in [1.165, 1.54) is 76.2 Å². The molecule has 0 atom stereocenters. The molecule has 0 unspecified atom stereocenters. The zero-order valence-corrected chi connectivity index (χ0v) is 22.1. The lowest BCUT2D eigenvalue weighted by atomic mass is 9.77. The molecular formula is C34H43FO. The van der Waals surface area contributed by atoms with Gasteiger partial charge in [0.25, 0.3) is 0 Å². The maximum Gasteiger partial charge on any atom is 0.138 e. The molecule has 0 saturated heterocycles. The summed E-state index contributed by atoms with van der Waals surface area (Å²) in [4.78, 5) is 0. The summed E-state index contributed by atoms with van der Waals surface area (Å²) < 4.78 is 21.0. The average molecular weight is 487 g/mol. The van der Waals surface area contributed by atoms with Crippen LogP contribution >= 0.6 is 0 Å². The van der Waals surface area contributed by atoms with Gasteiger partial charge in [0.05, 0.1) is 0 Å². The van der Waals surface area contributed by atoms with Crippen LogP contribution < -0.4 is 4.74 Å². The van der Waals surface area contributed by atoms with E-state index in [0.717, 1.165) is 35.0 Å². The summed E-state index contributed by atoms with van der Waals surface area (Å²) in [5, 5.41) is 1.69. The Balaban J connectivity index is 1.30. The van der Waals surface area contributed by atoms with Gasteiger partial charge in [-0.3, -0.25) is 0 Å². The Hall–Kier alpha value is -2.61. The number of halogens is 1. The van der Waals surface area contributed by atoms with Gasteiger partial charge in [-0.2, -0.15) is 0 Å². The van der Waals surface area contributed by atoms with E-state index in [1.54, 1.807) is 6.08 Å². The van der Waals surface area contributed by atoms with Crippen LogP contribution in [0.25, 0.3) is 21.9 Å². The summed E-state index contributed by atoms with van der Waals surface area (Å²) in [6.07, 6.45) is 18.1. The highest BCUT2D eigenvalue weighted by molar-refractivity contribution is 5.88. The molecule has 0 aliphatic heterocycles. The quantitative estimate of drug-likeness (QED) is 0.172. The summed E-state index contributed by atoms with van der Waals surface area (Å²) in [5.41, 5.74) is 2.82. The molecule has 3 aromatic carbocycles. The molecule has 0 amide bonds. The zero-order chi connectivity index (χ0) is 25.2. The molecule has 0 radical (unpaired) electrons. The molecule has 1 saturated carbocycles. The number of rotatable bonds is 13. The van der Waals surface area contributed by atoms with E-state index in [9.17, 15) is 0 Å². The fourth-order valence-electron chi connectivity index (χ4n) is 5.82. The van der Waals surface area contributed by atoms with E-state index in [2.05, 4.69) is 31.7 Å². The molecule has 3 aromatic rings. The summed E-state index contributed by atoms with van der Waals surface area (Å²) in [6, 6.07) is 17.9. The summed E-state index contributed by atoms with van der Waals surface area (Å²) in [7, 11) is 0. The Bertz CT molecular complexity index is 1090. The van der Waals surface area contributed by atoms with Crippen LogP contribution in [0, 0.1) is 17.7 Å². The Morgan fingerprint density at radius 2 is 1.58 bits per heavy atom. The molecule has 1 aliphatic rings. The number of aryl methyl sites for hydroxylation is 1. The van der Waals surface area contributed by atoms with Crippen molar-refractivity contribution in [3.8, 4) is 16.9 Å². The molecule has 0 spiro atoms. The third-order valence-electron chi connectivity index (χ3n) is 8.08. The van der Waals surface area contributed by atoms with E-state index in [-0.39, 0.29) is 5.82 Å². The number of benzene rings is 3. The van der Waals surface area contributed by atoms with Crippen LogP contribution in [0.2, 0.25) is 0 Å². The molecule has 1 aliphatic carbocycles. The van der Waals surface area contributed by atoms with Crippen LogP contribution in [0.4, 0.5) is 4.39 Å². The van der Waals surface area contributed by atoms with Gasteiger partial charge >= 0.3 is 0 Å². The van der Waals surface area contributed by atoms with Crippen LogP contribution in [0.15, 0.2) is 67.3 Å². The maximum atomic E-state index is 15.4. The van der Waals surface area contributed by atoms with Crippen LogP contribution in [0.5, 0.6) is 5.75 Å². The van der Waals surface area contributed by atoms with Crippen molar-refractivity contribution >= 4 is 10.8 Å². The van der Waals surface area contributed by atoms with Crippen molar-refractivity contribution in [1.29, 1.82) is 0 Å². The first-order valence-corrected chi connectivity index (χ1v) is 14.2. The van der Waals surface area contributed by atoms with Gasteiger partial charge < -0.3 is 4.74 Å². The van der Waals surface area contributed by atoms with Crippen LogP contribution in [-0.4, -0.2) is 6.61 Å². The second-order valence-corrected chi connectivity index (χ2v) is 10.7. The number of fused-ring (bicyclic) bond motifs is 1. The maximum absolute atomic E-state index is 15.4. The smallest absolute Gasteiger partial charge is 0.138 e. The molecule has 0 aromatic heterocycles. The summed E-state index contributed by atoms with van der Waals surface area (Å²) in [5.74, 6) is 2.44. The van der Waals surface area contributed by atoms with Crippen molar-refractivity contribution < 1.29 is 9.13 Å².